The molecule has 0 radical (unpaired) electrons. The summed E-state index contributed by atoms with van der Waals surface area (Å²) in [6.45, 7) is 0. The predicted molar refractivity (Wildman–Crippen MR) is 114 cm³/mol. The van der Waals surface area contributed by atoms with E-state index in [2.05, 4.69) is 0 Å². The highest BCUT2D eigenvalue weighted by Crippen LogP contribution is 2.24. The molecule has 6 nitrogen and oxygen atoms in total. The van der Waals surface area contributed by atoms with Crippen molar-refractivity contribution in [1.82, 2.24) is 0 Å². The van der Waals surface area contributed by atoms with Crippen LogP contribution in [0.3, 0.4) is 0 Å². The average molecular weight is 407 g/mol. The highest BCUT2D eigenvalue weighted by molar-refractivity contribution is 8.10. The molecule has 0 heterocycles. The normalized spacial score (nSPS) is 13.8. The first-order valence-corrected chi connectivity index (χ1v) is 10.7. The van der Waals surface area contributed by atoms with Crippen LogP contribution in [0.15, 0.2) is 47.2 Å². The van der Waals surface area contributed by atoms with Crippen molar-refractivity contribution >= 4 is 45.9 Å². The second kappa shape index (κ2) is 10.2. The standard InChI is InChI=1S/C19H22N2O4S2/c1-24-18-5-3-14(11-16(18)20)7-9-26(22)13-27(23)10-8-15-4-6-19(25-2)17(21)12-15/h3-12H,13,20-21H2,1-2H3/b9-7+,10-8+. The molecule has 0 aromatic heterocycles. The number of benzene rings is 2. The smallest absolute Gasteiger partial charge is 0.262 e. The van der Waals surface area contributed by atoms with Crippen molar-refractivity contribution in [3.05, 3.63) is 58.3 Å². The quantitative estimate of drug-likeness (QED) is 0.514. The third-order valence-electron chi connectivity index (χ3n) is 3.56. The SMILES string of the molecule is COc1ccc(/C=C/[S+]([O-])C[S+]([O-])/C=C/c2ccc(OC)c(N)c2)cc1N. The lowest BCUT2D eigenvalue weighted by Gasteiger charge is -2.08. The molecule has 2 aromatic rings. The van der Waals surface area contributed by atoms with Gasteiger partial charge in [-0.3, -0.25) is 0 Å². The van der Waals surface area contributed by atoms with Crippen molar-refractivity contribution in [1.29, 1.82) is 0 Å². The summed E-state index contributed by atoms with van der Waals surface area (Å²) in [5.74, 6) is 1.16. The van der Waals surface area contributed by atoms with Gasteiger partial charge in [0.15, 0.2) is 0 Å². The van der Waals surface area contributed by atoms with Gasteiger partial charge in [0.05, 0.1) is 25.6 Å². The Morgan fingerprint density at radius 3 is 1.56 bits per heavy atom. The first-order chi connectivity index (χ1) is 12.9. The van der Waals surface area contributed by atoms with E-state index in [9.17, 15) is 9.11 Å². The van der Waals surface area contributed by atoms with Gasteiger partial charge in [-0.25, -0.2) is 0 Å². The molecule has 0 saturated heterocycles. The lowest BCUT2D eigenvalue weighted by Crippen LogP contribution is -2.11. The van der Waals surface area contributed by atoms with Crippen molar-refractivity contribution in [2.45, 2.75) is 0 Å². The summed E-state index contributed by atoms with van der Waals surface area (Å²) in [5.41, 5.74) is 14.2. The topological polar surface area (TPSA) is 117 Å². The zero-order valence-corrected chi connectivity index (χ0v) is 16.7. The van der Waals surface area contributed by atoms with Crippen LogP contribution >= 0.6 is 0 Å². The summed E-state index contributed by atoms with van der Waals surface area (Å²) in [7, 11) is 3.08. The summed E-state index contributed by atoms with van der Waals surface area (Å²) < 4.78 is 34.4. The Morgan fingerprint density at radius 2 is 1.22 bits per heavy atom. The van der Waals surface area contributed by atoms with Crippen LogP contribution in [0.25, 0.3) is 12.2 Å². The Balaban J connectivity index is 1.91. The molecule has 2 unspecified atom stereocenters. The fourth-order valence-corrected chi connectivity index (χ4v) is 4.38. The van der Waals surface area contributed by atoms with Crippen molar-refractivity contribution in [2.75, 3.05) is 30.8 Å². The van der Waals surface area contributed by atoms with Crippen LogP contribution in [0, 0.1) is 0 Å². The number of nitrogen functional groups attached to an aromatic ring is 2. The van der Waals surface area contributed by atoms with Gasteiger partial charge >= 0.3 is 0 Å². The molecule has 4 N–H and O–H groups in total. The van der Waals surface area contributed by atoms with Gasteiger partial charge in [-0.2, -0.15) is 0 Å². The minimum atomic E-state index is -1.38. The molecule has 0 aliphatic rings. The van der Waals surface area contributed by atoms with Gasteiger partial charge in [-0.15, -0.1) is 0 Å². The summed E-state index contributed by atoms with van der Waals surface area (Å²) in [6, 6.07) is 10.5. The van der Waals surface area contributed by atoms with Gasteiger partial charge in [-0.1, -0.05) is 12.1 Å². The Labute approximate surface area is 165 Å². The predicted octanol–water partition coefficient (Wildman–Crippen LogP) is 2.96. The average Bonchev–Trinajstić information content (AvgIpc) is 2.65. The summed E-state index contributed by atoms with van der Waals surface area (Å²) in [6.07, 6.45) is 3.36. The second-order valence-corrected chi connectivity index (χ2v) is 8.50. The summed E-state index contributed by atoms with van der Waals surface area (Å²) in [5, 5.41) is 3.00. The molecule has 0 saturated carbocycles. The van der Waals surface area contributed by atoms with Crippen LogP contribution < -0.4 is 20.9 Å². The summed E-state index contributed by atoms with van der Waals surface area (Å²) >= 11 is -2.76. The van der Waals surface area contributed by atoms with Crippen LogP contribution in [-0.2, 0) is 22.4 Å². The van der Waals surface area contributed by atoms with Crippen LogP contribution in [-0.4, -0.2) is 28.4 Å². The van der Waals surface area contributed by atoms with Crippen molar-refractivity contribution in [3.63, 3.8) is 0 Å². The van der Waals surface area contributed by atoms with E-state index in [1.54, 1.807) is 62.8 Å². The molecule has 0 fully saturated rings. The molecule has 8 heteroatoms. The number of hydrogen-bond donors (Lipinski definition) is 2. The largest absolute Gasteiger partial charge is 0.608 e. The minimum absolute atomic E-state index is 0.00424. The van der Waals surface area contributed by atoms with Gasteiger partial charge in [0, 0.05) is 22.4 Å². The molecule has 0 aliphatic carbocycles. The van der Waals surface area contributed by atoms with Crippen molar-refractivity contribution in [2.24, 2.45) is 0 Å². The van der Waals surface area contributed by atoms with Crippen LogP contribution in [0.1, 0.15) is 11.1 Å². The van der Waals surface area contributed by atoms with E-state index in [-0.39, 0.29) is 5.08 Å². The maximum Gasteiger partial charge on any atom is 0.262 e. The number of rotatable bonds is 8. The Bertz CT molecular complexity index is 760. The molecule has 2 rings (SSSR count). The van der Waals surface area contributed by atoms with Gasteiger partial charge < -0.3 is 30.0 Å². The fraction of sp³-hybridized carbons (Fsp3) is 0.158. The Morgan fingerprint density at radius 1 is 0.815 bits per heavy atom. The fourth-order valence-electron chi connectivity index (χ4n) is 2.21. The molecule has 0 aliphatic heterocycles. The maximum absolute atomic E-state index is 12.1. The van der Waals surface area contributed by atoms with E-state index in [0.717, 1.165) is 11.1 Å². The third-order valence-corrected chi connectivity index (χ3v) is 6.30. The van der Waals surface area contributed by atoms with Crippen LogP contribution in [0.4, 0.5) is 11.4 Å². The zero-order chi connectivity index (χ0) is 19.8. The lowest BCUT2D eigenvalue weighted by atomic mass is 10.2. The second-order valence-electron chi connectivity index (χ2n) is 5.49. The van der Waals surface area contributed by atoms with Gasteiger partial charge in [0.2, 0.25) is 0 Å². The van der Waals surface area contributed by atoms with Crippen molar-refractivity contribution in [3.8, 4) is 11.5 Å². The zero-order valence-electron chi connectivity index (χ0n) is 15.1. The van der Waals surface area contributed by atoms with Crippen molar-refractivity contribution < 1.29 is 18.6 Å². The number of ether oxygens (including phenoxy) is 2. The lowest BCUT2D eigenvalue weighted by molar-refractivity contribution is 0.417. The third kappa shape index (κ3) is 6.44. The van der Waals surface area contributed by atoms with E-state index in [1.165, 1.54) is 10.8 Å². The number of hydrogen-bond acceptors (Lipinski definition) is 6. The minimum Gasteiger partial charge on any atom is -0.608 e. The first kappa shape index (κ1) is 21.0. The maximum atomic E-state index is 12.1. The number of nitrogens with two attached hydrogens (primary N) is 2. The number of anilines is 2. The number of methoxy groups -OCH3 is 2. The molecular weight excluding hydrogens is 384 g/mol. The highest BCUT2D eigenvalue weighted by Gasteiger charge is 2.12. The van der Waals surface area contributed by atoms with Crippen LogP contribution in [0.5, 0.6) is 11.5 Å². The van der Waals surface area contributed by atoms with E-state index < -0.39 is 22.4 Å². The van der Waals surface area contributed by atoms with Crippen LogP contribution in [0.2, 0.25) is 0 Å². The molecule has 0 bridgehead atoms. The first-order valence-electron chi connectivity index (χ1n) is 7.90. The van der Waals surface area contributed by atoms with Gasteiger partial charge in [-0.05, 0) is 47.5 Å². The molecule has 0 spiro atoms. The van der Waals surface area contributed by atoms with E-state index >= 15 is 0 Å². The Hall–Kier alpha value is -2.26. The highest BCUT2D eigenvalue weighted by atomic mass is 32.3. The molecule has 0 amide bonds. The van der Waals surface area contributed by atoms with Gasteiger partial charge in [0.1, 0.15) is 22.3 Å². The molecule has 27 heavy (non-hydrogen) atoms. The van der Waals surface area contributed by atoms with Gasteiger partial charge in [0.25, 0.3) is 5.08 Å². The monoisotopic (exact) mass is 406 g/mol. The summed E-state index contributed by atoms with van der Waals surface area (Å²) in [4.78, 5) is 0. The molecule has 2 atom stereocenters. The molecule has 144 valence electrons. The van der Waals surface area contributed by atoms with E-state index in [0.29, 0.717) is 22.9 Å². The molecular formula is C19H22N2O4S2. The molecule has 2 aromatic carbocycles. The van der Waals surface area contributed by atoms with E-state index in [4.69, 9.17) is 20.9 Å². The van der Waals surface area contributed by atoms with E-state index in [1.807, 2.05) is 0 Å². The Kier molecular flexibility index (Phi) is 7.93.